The van der Waals surface area contributed by atoms with E-state index >= 15 is 0 Å². The molecule has 0 aromatic carbocycles. The van der Waals surface area contributed by atoms with E-state index in [4.69, 9.17) is 10.2 Å². The average molecular weight is 366 g/mol. The third-order valence-electron chi connectivity index (χ3n) is 0.813. The van der Waals surface area contributed by atoms with E-state index in [1.165, 1.54) is 27.7 Å². The van der Waals surface area contributed by atoms with Gasteiger partial charge in [-0.2, -0.15) is 0 Å². The zero-order valence-electron chi connectivity index (χ0n) is 15.3. The van der Waals surface area contributed by atoms with Gasteiger partial charge in [-0.1, -0.05) is 13.8 Å². The summed E-state index contributed by atoms with van der Waals surface area (Å²) in [6.07, 6.45) is 1.78. The second-order valence-electron chi connectivity index (χ2n) is 4.92. The Morgan fingerprint density at radius 3 is 0.870 bits per heavy atom. The first-order valence-electron chi connectivity index (χ1n) is 6.80. The Bertz CT molecular complexity index is 299. The van der Waals surface area contributed by atoms with Gasteiger partial charge in [0.2, 0.25) is 0 Å². The minimum Gasteiger partial charge on any atom is -0.876 e. The SMILES string of the molecule is CC(=O)/C=C(/C)[O-].CC(=O)/C=C(/C)[O-].CC(C)O.CC(C)O.[Ti+2]. The van der Waals surface area contributed by atoms with Crippen LogP contribution in [0.1, 0.15) is 55.4 Å². The summed E-state index contributed by atoms with van der Waals surface area (Å²) >= 11 is 0. The molecule has 0 fully saturated rings. The number of aliphatic hydroxyl groups is 2. The second kappa shape index (κ2) is 23.3. The summed E-state index contributed by atoms with van der Waals surface area (Å²) in [7, 11) is 0. The fourth-order valence-electron chi connectivity index (χ4n) is 0.572. The van der Waals surface area contributed by atoms with Crippen molar-refractivity contribution in [3.63, 3.8) is 0 Å². The molecular formula is C16H30O6Ti. The Labute approximate surface area is 154 Å². The van der Waals surface area contributed by atoms with Gasteiger partial charge in [0, 0.05) is 12.2 Å². The quantitative estimate of drug-likeness (QED) is 0.416. The zero-order valence-corrected chi connectivity index (χ0v) is 16.9. The van der Waals surface area contributed by atoms with Crippen LogP contribution in [0.5, 0.6) is 0 Å². The van der Waals surface area contributed by atoms with E-state index in [9.17, 15) is 19.8 Å². The van der Waals surface area contributed by atoms with Crippen LogP contribution in [0.4, 0.5) is 0 Å². The summed E-state index contributed by atoms with van der Waals surface area (Å²) in [6, 6.07) is 0. The smallest absolute Gasteiger partial charge is 0.876 e. The third kappa shape index (κ3) is 154. The molecule has 0 heterocycles. The van der Waals surface area contributed by atoms with Gasteiger partial charge in [-0.15, -0.1) is 11.5 Å². The minimum absolute atomic E-state index is 0. The van der Waals surface area contributed by atoms with Gasteiger partial charge < -0.3 is 20.4 Å². The number of carbonyl (C=O) groups is 2. The summed E-state index contributed by atoms with van der Waals surface area (Å²) in [5, 5.41) is 36.1. The predicted octanol–water partition coefficient (Wildman–Crippen LogP) is 0.451. The van der Waals surface area contributed by atoms with E-state index in [0.717, 1.165) is 12.2 Å². The van der Waals surface area contributed by atoms with Crippen molar-refractivity contribution in [3.8, 4) is 0 Å². The van der Waals surface area contributed by atoms with Crippen molar-refractivity contribution < 1.29 is 51.7 Å². The molecular weight excluding hydrogens is 336 g/mol. The molecule has 6 nitrogen and oxygen atoms in total. The fraction of sp³-hybridized carbons (Fsp3) is 0.625. The number of carbonyl (C=O) groups excluding carboxylic acids is 2. The van der Waals surface area contributed by atoms with E-state index in [1.54, 1.807) is 27.7 Å². The summed E-state index contributed by atoms with van der Waals surface area (Å²) in [6.45, 7) is 12.3. The van der Waals surface area contributed by atoms with Crippen molar-refractivity contribution in [1.82, 2.24) is 0 Å². The summed E-state index contributed by atoms with van der Waals surface area (Å²) < 4.78 is 0. The van der Waals surface area contributed by atoms with E-state index in [1.807, 2.05) is 0 Å². The van der Waals surface area contributed by atoms with Gasteiger partial charge in [0.1, 0.15) is 0 Å². The van der Waals surface area contributed by atoms with Gasteiger partial charge in [-0.05, 0) is 53.7 Å². The van der Waals surface area contributed by atoms with Crippen LogP contribution >= 0.6 is 0 Å². The molecule has 0 unspecified atom stereocenters. The van der Waals surface area contributed by atoms with Crippen LogP contribution < -0.4 is 10.2 Å². The van der Waals surface area contributed by atoms with Crippen molar-refractivity contribution in [2.45, 2.75) is 67.6 Å². The van der Waals surface area contributed by atoms with Crippen LogP contribution in [0, 0.1) is 0 Å². The minimum atomic E-state index is -0.187. The molecule has 0 aromatic heterocycles. The van der Waals surface area contributed by atoms with E-state index in [0.29, 0.717) is 0 Å². The molecule has 0 saturated heterocycles. The Balaban J connectivity index is -0.0000000639. The number of allylic oxidation sites excluding steroid dienone is 4. The molecule has 134 valence electrons. The van der Waals surface area contributed by atoms with Crippen LogP contribution in [-0.4, -0.2) is 34.0 Å². The van der Waals surface area contributed by atoms with Gasteiger partial charge in [0.25, 0.3) is 0 Å². The molecule has 0 amide bonds. The number of aliphatic hydroxyl groups excluding tert-OH is 2. The summed E-state index contributed by atoms with van der Waals surface area (Å²) in [4.78, 5) is 20.0. The molecule has 0 spiro atoms. The molecule has 0 bridgehead atoms. The van der Waals surface area contributed by atoms with E-state index < -0.39 is 0 Å². The predicted molar refractivity (Wildman–Crippen MR) is 83.6 cm³/mol. The van der Waals surface area contributed by atoms with Crippen LogP contribution in [0.3, 0.4) is 0 Å². The molecule has 0 atom stereocenters. The van der Waals surface area contributed by atoms with Gasteiger partial charge >= 0.3 is 21.7 Å². The van der Waals surface area contributed by atoms with Gasteiger partial charge in [0.15, 0.2) is 11.6 Å². The Hall–Kier alpha value is -0.946. The van der Waals surface area contributed by atoms with Gasteiger partial charge in [-0.25, -0.2) is 0 Å². The number of ketones is 2. The molecule has 2 N–H and O–H groups in total. The van der Waals surface area contributed by atoms with Crippen LogP contribution in [0.2, 0.25) is 0 Å². The summed E-state index contributed by atoms with van der Waals surface area (Å²) in [5.74, 6) is -0.750. The first kappa shape index (κ1) is 33.6. The topological polar surface area (TPSA) is 121 Å². The Kier molecular flexibility index (Phi) is 34.1. The molecule has 23 heavy (non-hydrogen) atoms. The maximum absolute atomic E-state index is 9.98. The Morgan fingerprint density at radius 2 is 0.870 bits per heavy atom. The molecule has 7 heteroatoms. The molecule has 0 aliphatic carbocycles. The zero-order chi connectivity index (χ0) is 18.9. The van der Waals surface area contributed by atoms with Crippen molar-refractivity contribution in [2.24, 2.45) is 0 Å². The number of rotatable bonds is 2. The third-order valence-corrected chi connectivity index (χ3v) is 0.813. The maximum atomic E-state index is 9.98. The number of hydrogen-bond donors (Lipinski definition) is 2. The Morgan fingerprint density at radius 1 is 0.739 bits per heavy atom. The number of hydrogen-bond acceptors (Lipinski definition) is 6. The molecule has 0 aliphatic rings. The summed E-state index contributed by atoms with van der Waals surface area (Å²) in [5.41, 5.74) is 0. The largest absolute Gasteiger partial charge is 2.00 e. The normalized spacial score (nSPS) is 10.1. The van der Waals surface area contributed by atoms with Crippen LogP contribution in [0.25, 0.3) is 0 Å². The molecule has 0 radical (unpaired) electrons. The second-order valence-corrected chi connectivity index (χ2v) is 4.92. The maximum Gasteiger partial charge on any atom is 2.00 e. The fourth-order valence-corrected chi connectivity index (χ4v) is 0.572. The molecule has 0 saturated carbocycles. The molecule has 0 aromatic rings. The standard InChI is InChI=1S/2C5H8O2.2C3H8O.Ti/c2*1-4(6)3-5(2)7;2*1-3(2)4;/h2*3,6H,1-2H3;2*3-4H,1-2H3;/q;;;;+2/p-2/b2*4-3-;;;. The van der Waals surface area contributed by atoms with Gasteiger partial charge in [0.05, 0.1) is 0 Å². The van der Waals surface area contributed by atoms with Crippen molar-refractivity contribution in [1.29, 1.82) is 0 Å². The van der Waals surface area contributed by atoms with Gasteiger partial charge in [-0.3, -0.25) is 9.59 Å². The monoisotopic (exact) mass is 366 g/mol. The van der Waals surface area contributed by atoms with E-state index in [2.05, 4.69) is 0 Å². The first-order chi connectivity index (χ1) is 9.72. The van der Waals surface area contributed by atoms with Crippen molar-refractivity contribution in [2.75, 3.05) is 0 Å². The first-order valence-corrected chi connectivity index (χ1v) is 6.80. The van der Waals surface area contributed by atoms with E-state index in [-0.39, 0.29) is 57.0 Å². The van der Waals surface area contributed by atoms with Crippen LogP contribution in [-0.2, 0) is 31.3 Å². The van der Waals surface area contributed by atoms with Crippen LogP contribution in [0.15, 0.2) is 23.7 Å². The molecule has 0 rings (SSSR count). The van der Waals surface area contributed by atoms with Crippen molar-refractivity contribution in [3.05, 3.63) is 23.7 Å². The van der Waals surface area contributed by atoms with Crippen molar-refractivity contribution >= 4 is 11.6 Å². The molecule has 0 aliphatic heterocycles. The average Bonchev–Trinajstić information content (AvgIpc) is 2.10.